The number of nitrogens with one attached hydrogen (secondary N) is 2. The highest BCUT2D eigenvalue weighted by atomic mass is 15.3. The summed E-state index contributed by atoms with van der Waals surface area (Å²) in [7, 11) is 1.81. The van der Waals surface area contributed by atoms with E-state index in [1.165, 1.54) is 18.4 Å². The third-order valence-corrected chi connectivity index (χ3v) is 4.27. The summed E-state index contributed by atoms with van der Waals surface area (Å²) in [5.41, 5.74) is 2.40. The van der Waals surface area contributed by atoms with Crippen LogP contribution in [0.15, 0.2) is 47.7 Å². The van der Waals surface area contributed by atoms with Crippen LogP contribution in [0.2, 0.25) is 0 Å². The van der Waals surface area contributed by atoms with E-state index in [0.717, 1.165) is 31.2 Å². The summed E-state index contributed by atoms with van der Waals surface area (Å²) in [5.74, 6) is 1.54. The lowest BCUT2D eigenvalue weighted by molar-refractivity contribution is 0.481. The number of hydrogen-bond acceptors (Lipinski definition) is 2. The summed E-state index contributed by atoms with van der Waals surface area (Å²) in [6.45, 7) is 6.93. The molecule has 5 nitrogen and oxygen atoms in total. The SMILES string of the molecule is CCC(CC)CNC(=NC)NCc1cnn(Cc2ccccc2)c1. The van der Waals surface area contributed by atoms with Gasteiger partial charge in [0.25, 0.3) is 0 Å². The van der Waals surface area contributed by atoms with Crippen molar-refractivity contribution in [3.8, 4) is 0 Å². The summed E-state index contributed by atoms with van der Waals surface area (Å²) in [6.07, 6.45) is 6.36. The van der Waals surface area contributed by atoms with Crippen molar-refractivity contribution in [2.45, 2.75) is 39.8 Å². The molecule has 2 aromatic rings. The summed E-state index contributed by atoms with van der Waals surface area (Å²) < 4.78 is 1.97. The minimum absolute atomic E-state index is 0.692. The zero-order valence-corrected chi connectivity index (χ0v) is 15.0. The van der Waals surface area contributed by atoms with E-state index in [1.54, 1.807) is 7.05 Å². The Morgan fingerprint density at radius 3 is 2.54 bits per heavy atom. The van der Waals surface area contributed by atoms with Gasteiger partial charge in [-0.1, -0.05) is 57.0 Å². The van der Waals surface area contributed by atoms with Crippen molar-refractivity contribution >= 4 is 5.96 Å². The molecule has 0 aliphatic rings. The highest BCUT2D eigenvalue weighted by Gasteiger charge is 2.05. The van der Waals surface area contributed by atoms with E-state index >= 15 is 0 Å². The molecule has 5 heteroatoms. The highest BCUT2D eigenvalue weighted by Crippen LogP contribution is 2.05. The number of guanidine groups is 1. The Kier molecular flexibility index (Phi) is 7.33. The topological polar surface area (TPSA) is 54.2 Å². The molecule has 0 fully saturated rings. The van der Waals surface area contributed by atoms with E-state index in [9.17, 15) is 0 Å². The molecule has 0 unspecified atom stereocenters. The van der Waals surface area contributed by atoms with E-state index in [-0.39, 0.29) is 0 Å². The van der Waals surface area contributed by atoms with E-state index in [2.05, 4.69) is 65.0 Å². The lowest BCUT2D eigenvalue weighted by atomic mass is 10.0. The number of benzene rings is 1. The van der Waals surface area contributed by atoms with E-state index in [1.807, 2.05) is 16.9 Å². The smallest absolute Gasteiger partial charge is 0.191 e. The Morgan fingerprint density at radius 2 is 1.88 bits per heavy atom. The molecule has 130 valence electrons. The molecule has 0 spiro atoms. The maximum Gasteiger partial charge on any atom is 0.191 e. The third-order valence-electron chi connectivity index (χ3n) is 4.27. The lowest BCUT2D eigenvalue weighted by Crippen LogP contribution is -2.39. The summed E-state index contributed by atoms with van der Waals surface area (Å²) >= 11 is 0. The fraction of sp³-hybridized carbons (Fsp3) is 0.474. The second-order valence-corrected chi connectivity index (χ2v) is 6.02. The predicted octanol–water partition coefficient (Wildman–Crippen LogP) is 3.03. The minimum Gasteiger partial charge on any atom is -0.356 e. The van der Waals surface area contributed by atoms with Crippen LogP contribution in [0.1, 0.15) is 37.8 Å². The first-order chi connectivity index (χ1) is 11.7. The Balaban J connectivity index is 1.81. The van der Waals surface area contributed by atoms with Crippen molar-refractivity contribution in [1.29, 1.82) is 0 Å². The van der Waals surface area contributed by atoms with Gasteiger partial charge in [-0.15, -0.1) is 0 Å². The van der Waals surface area contributed by atoms with Gasteiger partial charge in [0.2, 0.25) is 0 Å². The van der Waals surface area contributed by atoms with Crippen LogP contribution >= 0.6 is 0 Å². The van der Waals surface area contributed by atoms with Gasteiger partial charge in [0.05, 0.1) is 12.7 Å². The Labute approximate surface area is 145 Å². The Bertz CT molecular complexity index is 614. The van der Waals surface area contributed by atoms with Crippen LogP contribution in [0.3, 0.4) is 0 Å². The van der Waals surface area contributed by atoms with Crippen LogP contribution in [0.5, 0.6) is 0 Å². The second kappa shape index (κ2) is 9.75. The molecule has 0 radical (unpaired) electrons. The molecule has 1 heterocycles. The molecular formula is C19H29N5. The van der Waals surface area contributed by atoms with Gasteiger partial charge in [0.1, 0.15) is 0 Å². The van der Waals surface area contributed by atoms with Crippen molar-refractivity contribution in [1.82, 2.24) is 20.4 Å². The maximum absolute atomic E-state index is 4.43. The largest absolute Gasteiger partial charge is 0.356 e. The molecule has 0 saturated heterocycles. The van der Waals surface area contributed by atoms with Gasteiger partial charge >= 0.3 is 0 Å². The van der Waals surface area contributed by atoms with Gasteiger partial charge in [-0.05, 0) is 11.5 Å². The quantitative estimate of drug-likeness (QED) is 0.579. The molecule has 24 heavy (non-hydrogen) atoms. The fourth-order valence-electron chi connectivity index (χ4n) is 2.58. The Hall–Kier alpha value is -2.30. The minimum atomic E-state index is 0.692. The first kappa shape index (κ1) is 18.0. The molecule has 0 atom stereocenters. The van der Waals surface area contributed by atoms with Crippen LogP contribution in [0.4, 0.5) is 0 Å². The maximum atomic E-state index is 4.43. The van der Waals surface area contributed by atoms with E-state index in [0.29, 0.717) is 5.92 Å². The molecule has 0 aliphatic heterocycles. The second-order valence-electron chi connectivity index (χ2n) is 6.02. The van der Waals surface area contributed by atoms with Gasteiger partial charge in [0, 0.05) is 31.9 Å². The first-order valence-corrected chi connectivity index (χ1v) is 8.74. The van der Waals surface area contributed by atoms with Crippen LogP contribution in [0.25, 0.3) is 0 Å². The van der Waals surface area contributed by atoms with Crippen LogP contribution in [-0.4, -0.2) is 29.3 Å². The van der Waals surface area contributed by atoms with Crippen molar-refractivity contribution < 1.29 is 0 Å². The van der Waals surface area contributed by atoms with Crippen LogP contribution < -0.4 is 10.6 Å². The zero-order valence-electron chi connectivity index (χ0n) is 15.0. The number of nitrogens with zero attached hydrogens (tertiary/aromatic N) is 3. The normalized spacial score (nSPS) is 11.8. The highest BCUT2D eigenvalue weighted by molar-refractivity contribution is 5.79. The monoisotopic (exact) mass is 327 g/mol. The predicted molar refractivity (Wildman–Crippen MR) is 100 cm³/mol. The fourth-order valence-corrected chi connectivity index (χ4v) is 2.58. The Morgan fingerprint density at radius 1 is 1.12 bits per heavy atom. The van der Waals surface area contributed by atoms with Gasteiger partial charge in [-0.2, -0.15) is 5.10 Å². The third kappa shape index (κ3) is 5.72. The van der Waals surface area contributed by atoms with E-state index < -0.39 is 0 Å². The molecule has 2 N–H and O–H groups in total. The molecule has 0 saturated carbocycles. The van der Waals surface area contributed by atoms with Gasteiger partial charge in [-0.25, -0.2) is 0 Å². The van der Waals surface area contributed by atoms with Gasteiger partial charge in [0.15, 0.2) is 5.96 Å². The number of aliphatic imine (C=N–C) groups is 1. The van der Waals surface area contributed by atoms with Crippen molar-refractivity contribution in [2.24, 2.45) is 10.9 Å². The zero-order chi connectivity index (χ0) is 17.2. The molecule has 2 rings (SSSR count). The van der Waals surface area contributed by atoms with Crippen molar-refractivity contribution in [3.63, 3.8) is 0 Å². The van der Waals surface area contributed by atoms with Crippen molar-refractivity contribution in [2.75, 3.05) is 13.6 Å². The van der Waals surface area contributed by atoms with Crippen LogP contribution in [0, 0.1) is 5.92 Å². The van der Waals surface area contributed by atoms with Gasteiger partial charge in [-0.3, -0.25) is 9.67 Å². The molecule has 0 aliphatic carbocycles. The molecule has 1 aromatic heterocycles. The lowest BCUT2D eigenvalue weighted by Gasteiger charge is -2.16. The molecule has 0 bridgehead atoms. The standard InChI is InChI=1S/C19H29N5/c1-4-16(5-2)11-21-19(20-3)22-12-18-13-23-24(15-18)14-17-9-7-6-8-10-17/h6-10,13,15-16H,4-5,11-12,14H2,1-3H3,(H2,20,21,22). The van der Waals surface area contributed by atoms with E-state index in [4.69, 9.17) is 0 Å². The number of hydrogen-bond donors (Lipinski definition) is 2. The molecule has 1 aromatic carbocycles. The summed E-state index contributed by atoms with van der Waals surface area (Å²) in [4.78, 5) is 4.29. The number of rotatable bonds is 8. The molecular weight excluding hydrogens is 298 g/mol. The summed E-state index contributed by atoms with van der Waals surface area (Å²) in [5, 5.41) is 11.2. The van der Waals surface area contributed by atoms with Crippen molar-refractivity contribution in [3.05, 3.63) is 53.9 Å². The first-order valence-electron chi connectivity index (χ1n) is 8.74. The average Bonchev–Trinajstić information content (AvgIpc) is 3.06. The summed E-state index contributed by atoms with van der Waals surface area (Å²) in [6, 6.07) is 10.4. The van der Waals surface area contributed by atoms with Crippen LogP contribution in [-0.2, 0) is 13.1 Å². The van der Waals surface area contributed by atoms with Gasteiger partial charge < -0.3 is 10.6 Å². The number of aromatic nitrogens is 2. The molecule has 0 amide bonds. The average molecular weight is 327 g/mol.